The maximum atomic E-state index is 11.9. The van der Waals surface area contributed by atoms with Crippen molar-refractivity contribution in [3.8, 4) is 0 Å². The molecule has 0 saturated heterocycles. The van der Waals surface area contributed by atoms with Gasteiger partial charge in [0.15, 0.2) is 0 Å². The molecule has 3 nitrogen and oxygen atoms in total. The molecule has 1 heterocycles. The number of imide groups is 1. The molecule has 0 aromatic heterocycles. The fraction of sp³-hybridized carbons (Fsp3) is 0.333. The van der Waals surface area contributed by atoms with Gasteiger partial charge in [0.05, 0.1) is 6.54 Å². The first kappa shape index (κ1) is 15.4. The molecular weight excluding hydrogens is 386 g/mol. The molecule has 0 aliphatic carbocycles. The Bertz CT molecular complexity index is 573. The molecular formula is C15H15Br2NO2. The summed E-state index contributed by atoms with van der Waals surface area (Å²) in [4.78, 5) is 25.1. The average molecular weight is 401 g/mol. The van der Waals surface area contributed by atoms with Crippen LogP contribution in [0, 0.1) is 0 Å². The maximum absolute atomic E-state index is 11.9. The molecule has 0 spiro atoms. The van der Waals surface area contributed by atoms with Crippen LogP contribution in [-0.4, -0.2) is 16.7 Å². The monoisotopic (exact) mass is 399 g/mol. The van der Waals surface area contributed by atoms with Gasteiger partial charge in [-0.05, 0) is 48.4 Å². The molecule has 106 valence electrons. The van der Waals surface area contributed by atoms with Gasteiger partial charge in [0, 0.05) is 0 Å². The van der Waals surface area contributed by atoms with Crippen molar-refractivity contribution in [2.45, 2.75) is 32.7 Å². The Hall–Kier alpha value is -0.940. The zero-order valence-electron chi connectivity index (χ0n) is 11.5. The third-order valence-corrected chi connectivity index (χ3v) is 5.22. The summed E-state index contributed by atoms with van der Waals surface area (Å²) in [5.41, 5.74) is 2.24. The highest BCUT2D eigenvalue weighted by molar-refractivity contribution is 9.14. The Balaban J connectivity index is 2.17. The van der Waals surface area contributed by atoms with Crippen molar-refractivity contribution in [3.63, 3.8) is 0 Å². The number of benzene rings is 1. The molecule has 0 N–H and O–H groups in total. The molecule has 2 amide bonds. The number of carbonyl (C=O) groups excluding carboxylic acids is 2. The topological polar surface area (TPSA) is 37.4 Å². The molecule has 5 heteroatoms. The number of nitrogens with zero attached hydrogens (tertiary/aromatic N) is 1. The van der Waals surface area contributed by atoms with Crippen molar-refractivity contribution in [2.24, 2.45) is 0 Å². The minimum atomic E-state index is -0.304. The van der Waals surface area contributed by atoms with E-state index in [1.807, 2.05) is 24.3 Å². The Morgan fingerprint density at radius 1 is 0.950 bits per heavy atom. The van der Waals surface area contributed by atoms with E-state index in [4.69, 9.17) is 0 Å². The summed E-state index contributed by atoms with van der Waals surface area (Å²) in [7, 11) is 0. The lowest BCUT2D eigenvalue weighted by atomic mass is 9.87. The summed E-state index contributed by atoms with van der Waals surface area (Å²) >= 11 is 6.24. The Morgan fingerprint density at radius 3 is 1.80 bits per heavy atom. The largest absolute Gasteiger partial charge is 0.269 e. The molecule has 20 heavy (non-hydrogen) atoms. The average Bonchev–Trinajstić information content (AvgIpc) is 2.56. The van der Waals surface area contributed by atoms with Crippen molar-refractivity contribution in [2.75, 3.05) is 0 Å². The molecule has 1 aromatic rings. The van der Waals surface area contributed by atoms with E-state index < -0.39 is 0 Å². The second kappa shape index (κ2) is 5.45. The normalized spacial score (nSPS) is 16.4. The summed E-state index contributed by atoms with van der Waals surface area (Å²) in [6.07, 6.45) is 0. The lowest BCUT2D eigenvalue weighted by Crippen LogP contribution is -2.30. The van der Waals surface area contributed by atoms with Crippen LogP contribution in [0.15, 0.2) is 33.2 Å². The molecule has 1 aliphatic heterocycles. The van der Waals surface area contributed by atoms with Crippen LogP contribution in [0.2, 0.25) is 0 Å². The van der Waals surface area contributed by atoms with Gasteiger partial charge in [-0.15, -0.1) is 0 Å². The van der Waals surface area contributed by atoms with E-state index >= 15 is 0 Å². The van der Waals surface area contributed by atoms with Crippen LogP contribution in [0.4, 0.5) is 0 Å². The third-order valence-electron chi connectivity index (χ3n) is 3.22. The fourth-order valence-corrected chi connectivity index (χ4v) is 2.72. The quantitative estimate of drug-likeness (QED) is 0.707. The summed E-state index contributed by atoms with van der Waals surface area (Å²) in [6.45, 7) is 6.72. The number of carbonyl (C=O) groups is 2. The molecule has 0 saturated carbocycles. The molecule has 0 unspecified atom stereocenters. The highest BCUT2D eigenvalue weighted by Crippen LogP contribution is 2.30. The van der Waals surface area contributed by atoms with Gasteiger partial charge >= 0.3 is 0 Å². The van der Waals surface area contributed by atoms with Crippen LogP contribution in [0.3, 0.4) is 0 Å². The van der Waals surface area contributed by atoms with Gasteiger partial charge < -0.3 is 0 Å². The zero-order chi connectivity index (χ0) is 15.1. The Morgan fingerprint density at radius 2 is 1.40 bits per heavy atom. The lowest BCUT2D eigenvalue weighted by Gasteiger charge is -2.20. The van der Waals surface area contributed by atoms with E-state index in [2.05, 4.69) is 52.6 Å². The van der Waals surface area contributed by atoms with Crippen LogP contribution in [-0.2, 0) is 21.5 Å². The van der Waals surface area contributed by atoms with Crippen LogP contribution in [0.5, 0.6) is 0 Å². The number of rotatable bonds is 2. The van der Waals surface area contributed by atoms with E-state index in [-0.39, 0.29) is 32.7 Å². The van der Waals surface area contributed by atoms with Crippen LogP contribution < -0.4 is 0 Å². The van der Waals surface area contributed by atoms with Gasteiger partial charge in [0.1, 0.15) is 8.96 Å². The highest BCUT2D eigenvalue weighted by Gasteiger charge is 2.35. The van der Waals surface area contributed by atoms with Gasteiger partial charge in [-0.1, -0.05) is 45.0 Å². The SMILES string of the molecule is CC(C)(C)c1ccc(CN2C(=O)C(Br)=C(Br)C2=O)cc1. The minimum absolute atomic E-state index is 0.0887. The predicted octanol–water partition coefficient (Wildman–Crippen LogP) is 3.85. The lowest BCUT2D eigenvalue weighted by molar-refractivity contribution is -0.137. The third kappa shape index (κ3) is 2.88. The van der Waals surface area contributed by atoms with E-state index in [1.54, 1.807) is 0 Å². The van der Waals surface area contributed by atoms with Crippen LogP contribution in [0.25, 0.3) is 0 Å². The van der Waals surface area contributed by atoms with Crippen molar-refractivity contribution >= 4 is 43.7 Å². The fourth-order valence-electron chi connectivity index (χ4n) is 1.95. The number of halogens is 2. The van der Waals surface area contributed by atoms with Crippen molar-refractivity contribution in [1.29, 1.82) is 0 Å². The first-order valence-electron chi connectivity index (χ1n) is 6.22. The minimum Gasteiger partial charge on any atom is -0.269 e. The van der Waals surface area contributed by atoms with E-state index in [1.165, 1.54) is 10.5 Å². The van der Waals surface area contributed by atoms with Gasteiger partial charge in [-0.3, -0.25) is 14.5 Å². The summed E-state index contributed by atoms with van der Waals surface area (Å²) < 4.78 is 0.572. The van der Waals surface area contributed by atoms with Gasteiger partial charge in [0.25, 0.3) is 11.8 Å². The van der Waals surface area contributed by atoms with E-state index in [0.29, 0.717) is 0 Å². The van der Waals surface area contributed by atoms with Gasteiger partial charge in [0.2, 0.25) is 0 Å². The smallest absolute Gasteiger partial charge is 0.269 e. The van der Waals surface area contributed by atoms with E-state index in [9.17, 15) is 9.59 Å². The van der Waals surface area contributed by atoms with Crippen molar-refractivity contribution in [1.82, 2.24) is 4.90 Å². The second-order valence-corrected chi connectivity index (χ2v) is 7.36. The second-order valence-electron chi connectivity index (χ2n) is 5.77. The maximum Gasteiger partial charge on any atom is 0.269 e. The summed E-state index contributed by atoms with van der Waals surface area (Å²) in [5.74, 6) is -0.608. The molecule has 1 aliphatic rings. The van der Waals surface area contributed by atoms with E-state index in [0.717, 1.165) is 5.56 Å². The number of hydrogen-bond donors (Lipinski definition) is 0. The first-order chi connectivity index (χ1) is 9.21. The molecule has 2 rings (SSSR count). The summed E-state index contributed by atoms with van der Waals surface area (Å²) in [6, 6.07) is 8.00. The Kier molecular flexibility index (Phi) is 4.21. The zero-order valence-corrected chi connectivity index (χ0v) is 14.7. The van der Waals surface area contributed by atoms with Gasteiger partial charge in [-0.25, -0.2) is 0 Å². The number of hydrogen-bond acceptors (Lipinski definition) is 2. The van der Waals surface area contributed by atoms with Gasteiger partial charge in [-0.2, -0.15) is 0 Å². The summed E-state index contributed by atoms with van der Waals surface area (Å²) in [5, 5.41) is 0. The van der Waals surface area contributed by atoms with Crippen LogP contribution in [0.1, 0.15) is 31.9 Å². The molecule has 0 bridgehead atoms. The molecule has 0 atom stereocenters. The number of amides is 2. The molecule has 0 fully saturated rings. The van der Waals surface area contributed by atoms with Crippen molar-refractivity contribution < 1.29 is 9.59 Å². The van der Waals surface area contributed by atoms with Crippen molar-refractivity contribution in [3.05, 3.63) is 44.4 Å². The molecule has 0 radical (unpaired) electrons. The first-order valence-corrected chi connectivity index (χ1v) is 7.81. The van der Waals surface area contributed by atoms with Crippen LogP contribution >= 0.6 is 31.9 Å². The highest BCUT2D eigenvalue weighted by atomic mass is 79.9. The molecule has 1 aromatic carbocycles. The standard InChI is InChI=1S/C15H15Br2NO2/c1-15(2,3)10-6-4-9(5-7-10)8-18-13(19)11(16)12(17)14(18)20/h4-7H,8H2,1-3H3. The Labute approximate surface area is 135 Å². The predicted molar refractivity (Wildman–Crippen MR) is 85.6 cm³/mol.